The van der Waals surface area contributed by atoms with Crippen LogP contribution >= 0.6 is 12.4 Å². The molecule has 0 bridgehead atoms. The summed E-state index contributed by atoms with van der Waals surface area (Å²) < 4.78 is 32.0. The molecule has 0 unspecified atom stereocenters. The molecule has 0 saturated carbocycles. The highest BCUT2D eigenvalue weighted by atomic mass is 35.5. The van der Waals surface area contributed by atoms with Gasteiger partial charge >= 0.3 is 0 Å². The average Bonchev–Trinajstić information content (AvgIpc) is 2.69. The molecule has 2 aromatic carbocycles. The molecule has 2 aromatic rings. The molecule has 1 aliphatic rings. The van der Waals surface area contributed by atoms with E-state index in [0.717, 1.165) is 5.56 Å². The largest absolute Gasteiger partial charge is 0.379 e. The summed E-state index contributed by atoms with van der Waals surface area (Å²) in [6.45, 7) is 1.82. The summed E-state index contributed by atoms with van der Waals surface area (Å²) >= 11 is 0. The Hall–Kier alpha value is -1.97. The van der Waals surface area contributed by atoms with Gasteiger partial charge in [0.05, 0.1) is 18.1 Å². The summed E-state index contributed by atoms with van der Waals surface area (Å²) in [6.07, 6.45) is 0. The number of rotatable bonds is 5. The summed E-state index contributed by atoms with van der Waals surface area (Å²) in [4.78, 5) is 12.5. The van der Waals surface area contributed by atoms with Crippen LogP contribution in [0.5, 0.6) is 0 Å². The minimum absolute atomic E-state index is 0. The molecule has 1 heterocycles. The fraction of sp³-hybridized carbons (Fsp3) is 0.278. The molecule has 0 atom stereocenters. The third kappa shape index (κ3) is 5.06. The molecule has 1 fully saturated rings. The van der Waals surface area contributed by atoms with E-state index in [4.69, 9.17) is 10.5 Å². The van der Waals surface area contributed by atoms with Crippen molar-refractivity contribution in [2.24, 2.45) is 5.73 Å². The van der Waals surface area contributed by atoms with E-state index in [0.29, 0.717) is 44.1 Å². The molecule has 9 heteroatoms. The highest BCUT2D eigenvalue weighted by Crippen LogP contribution is 2.21. The standard InChI is InChI=1S/C18H21N3O4S.ClH/c19-13-14-4-6-15(7-5-14)18(22)20-16-2-1-3-17(12-16)26(23,24)21-8-10-25-11-9-21;/h1-7,12H,8-11,13,19H2,(H,20,22);1H. The second kappa shape index (κ2) is 9.29. The van der Waals surface area contributed by atoms with Crippen LogP contribution in [0.3, 0.4) is 0 Å². The van der Waals surface area contributed by atoms with Gasteiger partial charge in [-0.3, -0.25) is 4.79 Å². The minimum Gasteiger partial charge on any atom is -0.379 e. The smallest absolute Gasteiger partial charge is 0.255 e. The monoisotopic (exact) mass is 411 g/mol. The van der Waals surface area contributed by atoms with Gasteiger partial charge in [-0.15, -0.1) is 12.4 Å². The zero-order valence-corrected chi connectivity index (χ0v) is 16.3. The lowest BCUT2D eigenvalue weighted by Crippen LogP contribution is -2.40. The molecule has 0 aliphatic carbocycles. The van der Waals surface area contributed by atoms with E-state index in [1.807, 2.05) is 0 Å². The number of hydrogen-bond donors (Lipinski definition) is 2. The molecule has 3 N–H and O–H groups in total. The number of nitrogens with zero attached hydrogens (tertiary/aromatic N) is 1. The number of carbonyl (C=O) groups excluding carboxylic acids is 1. The summed E-state index contributed by atoms with van der Waals surface area (Å²) in [7, 11) is -3.61. The summed E-state index contributed by atoms with van der Waals surface area (Å²) in [5, 5.41) is 2.73. The number of sulfonamides is 1. The Bertz CT molecular complexity index is 882. The second-order valence-electron chi connectivity index (χ2n) is 5.90. The van der Waals surface area contributed by atoms with Crippen LogP contribution in [0.25, 0.3) is 0 Å². The fourth-order valence-electron chi connectivity index (χ4n) is 2.67. The maximum Gasteiger partial charge on any atom is 0.255 e. The summed E-state index contributed by atoms with van der Waals surface area (Å²) in [5.41, 5.74) is 7.38. The Kier molecular flexibility index (Phi) is 7.34. The Morgan fingerprint density at radius 1 is 1.11 bits per heavy atom. The van der Waals surface area contributed by atoms with Crippen molar-refractivity contribution in [1.82, 2.24) is 4.31 Å². The van der Waals surface area contributed by atoms with E-state index in [2.05, 4.69) is 5.32 Å². The lowest BCUT2D eigenvalue weighted by atomic mass is 10.1. The third-order valence-corrected chi connectivity index (χ3v) is 6.05. The Balaban J connectivity index is 0.00000261. The molecule has 7 nitrogen and oxygen atoms in total. The molecule has 27 heavy (non-hydrogen) atoms. The molecule has 1 aliphatic heterocycles. The zero-order chi connectivity index (χ0) is 18.6. The van der Waals surface area contributed by atoms with Crippen LogP contribution in [0.1, 0.15) is 15.9 Å². The van der Waals surface area contributed by atoms with Crippen molar-refractivity contribution in [1.29, 1.82) is 0 Å². The predicted octanol–water partition coefficient (Wildman–Crippen LogP) is 1.84. The molecule has 1 amide bonds. The Morgan fingerprint density at radius 3 is 2.41 bits per heavy atom. The average molecular weight is 412 g/mol. The molecule has 3 rings (SSSR count). The van der Waals surface area contributed by atoms with Gasteiger partial charge in [0.15, 0.2) is 0 Å². The van der Waals surface area contributed by atoms with Gasteiger partial charge < -0.3 is 15.8 Å². The number of hydrogen-bond acceptors (Lipinski definition) is 5. The van der Waals surface area contributed by atoms with Crippen LogP contribution in [-0.2, 0) is 21.3 Å². The maximum atomic E-state index is 12.7. The van der Waals surface area contributed by atoms with Gasteiger partial charge in [-0.2, -0.15) is 4.31 Å². The van der Waals surface area contributed by atoms with Crippen LogP contribution in [0, 0.1) is 0 Å². The van der Waals surface area contributed by atoms with Crippen molar-refractivity contribution in [2.75, 3.05) is 31.6 Å². The van der Waals surface area contributed by atoms with Gasteiger partial charge in [-0.25, -0.2) is 8.42 Å². The highest BCUT2D eigenvalue weighted by molar-refractivity contribution is 7.89. The first-order valence-electron chi connectivity index (χ1n) is 8.29. The van der Waals surface area contributed by atoms with Gasteiger partial charge in [0.1, 0.15) is 0 Å². The number of benzene rings is 2. The quantitative estimate of drug-likeness (QED) is 0.781. The molecule has 146 valence electrons. The molecule has 1 saturated heterocycles. The zero-order valence-electron chi connectivity index (χ0n) is 14.6. The molecular formula is C18H22ClN3O4S. The van der Waals surface area contributed by atoms with E-state index in [1.165, 1.54) is 16.4 Å². The van der Waals surface area contributed by atoms with Gasteiger partial charge in [0.2, 0.25) is 10.0 Å². The number of anilines is 1. The third-order valence-electron chi connectivity index (χ3n) is 4.15. The van der Waals surface area contributed by atoms with Crippen molar-refractivity contribution in [3.8, 4) is 0 Å². The van der Waals surface area contributed by atoms with Crippen LogP contribution in [0.2, 0.25) is 0 Å². The van der Waals surface area contributed by atoms with Gasteiger partial charge in [-0.1, -0.05) is 18.2 Å². The van der Waals surface area contributed by atoms with Crippen molar-refractivity contribution in [3.63, 3.8) is 0 Å². The number of halogens is 1. The lowest BCUT2D eigenvalue weighted by molar-refractivity contribution is 0.0730. The van der Waals surface area contributed by atoms with Crippen LogP contribution < -0.4 is 11.1 Å². The van der Waals surface area contributed by atoms with E-state index >= 15 is 0 Å². The fourth-order valence-corrected chi connectivity index (χ4v) is 4.12. The first-order valence-corrected chi connectivity index (χ1v) is 9.73. The number of carbonyl (C=O) groups is 1. The molecular weight excluding hydrogens is 390 g/mol. The minimum atomic E-state index is -3.61. The Morgan fingerprint density at radius 2 is 1.78 bits per heavy atom. The number of morpholine rings is 1. The first-order chi connectivity index (χ1) is 12.5. The van der Waals surface area contributed by atoms with Crippen LogP contribution in [0.15, 0.2) is 53.4 Å². The van der Waals surface area contributed by atoms with Crippen molar-refractivity contribution in [2.45, 2.75) is 11.4 Å². The number of nitrogens with one attached hydrogen (secondary N) is 1. The SMILES string of the molecule is Cl.NCc1ccc(C(=O)Nc2cccc(S(=O)(=O)N3CCOCC3)c2)cc1. The van der Waals surface area contributed by atoms with E-state index in [-0.39, 0.29) is 23.2 Å². The molecule has 0 spiro atoms. The Labute approximate surface area is 165 Å². The van der Waals surface area contributed by atoms with Crippen molar-refractivity contribution < 1.29 is 17.9 Å². The highest BCUT2D eigenvalue weighted by Gasteiger charge is 2.26. The number of amides is 1. The summed E-state index contributed by atoms with van der Waals surface area (Å²) in [6, 6.07) is 13.2. The van der Waals surface area contributed by atoms with Gasteiger partial charge in [0, 0.05) is 30.9 Å². The van der Waals surface area contributed by atoms with Crippen LogP contribution in [0.4, 0.5) is 5.69 Å². The van der Waals surface area contributed by atoms with Gasteiger partial charge in [0.25, 0.3) is 5.91 Å². The predicted molar refractivity (Wildman–Crippen MR) is 106 cm³/mol. The van der Waals surface area contributed by atoms with E-state index in [9.17, 15) is 13.2 Å². The van der Waals surface area contributed by atoms with Gasteiger partial charge in [-0.05, 0) is 35.9 Å². The normalized spacial score (nSPS) is 15.0. The number of ether oxygens (including phenoxy) is 1. The maximum absolute atomic E-state index is 12.7. The number of nitrogens with two attached hydrogens (primary N) is 1. The lowest BCUT2D eigenvalue weighted by Gasteiger charge is -2.26. The summed E-state index contributed by atoms with van der Waals surface area (Å²) in [5.74, 6) is -0.311. The van der Waals surface area contributed by atoms with E-state index in [1.54, 1.807) is 36.4 Å². The second-order valence-corrected chi connectivity index (χ2v) is 7.84. The van der Waals surface area contributed by atoms with Crippen molar-refractivity contribution in [3.05, 3.63) is 59.7 Å². The topological polar surface area (TPSA) is 102 Å². The van der Waals surface area contributed by atoms with Crippen molar-refractivity contribution >= 4 is 34.0 Å². The van der Waals surface area contributed by atoms with Crippen LogP contribution in [-0.4, -0.2) is 44.9 Å². The van der Waals surface area contributed by atoms with E-state index < -0.39 is 10.0 Å². The molecule has 0 radical (unpaired) electrons. The molecule has 0 aromatic heterocycles. The first kappa shape index (κ1) is 21.3.